The molecule has 1 aliphatic heterocycles. The second kappa shape index (κ2) is 8.06. The molecule has 2 heterocycles. The lowest BCUT2D eigenvalue weighted by Gasteiger charge is -2.37. The van der Waals surface area contributed by atoms with Gasteiger partial charge in [-0.2, -0.15) is 0 Å². The van der Waals surface area contributed by atoms with Crippen LogP contribution >= 0.6 is 11.3 Å². The Morgan fingerprint density at radius 3 is 2.62 bits per heavy atom. The number of hydrogen-bond acceptors (Lipinski definition) is 4. The van der Waals surface area contributed by atoms with E-state index < -0.39 is 0 Å². The van der Waals surface area contributed by atoms with Crippen molar-refractivity contribution in [1.29, 1.82) is 0 Å². The van der Waals surface area contributed by atoms with Crippen molar-refractivity contribution in [2.45, 2.75) is 6.54 Å². The molecular weight excluding hydrogens is 320 g/mol. The van der Waals surface area contributed by atoms with E-state index in [2.05, 4.69) is 43.7 Å². The van der Waals surface area contributed by atoms with Crippen molar-refractivity contribution >= 4 is 22.3 Å². The first-order valence-electron chi connectivity index (χ1n) is 8.17. The lowest BCUT2D eigenvalue weighted by molar-refractivity contribution is 0.372. The summed E-state index contributed by atoms with van der Waals surface area (Å²) in [7, 11) is 3.55. The van der Waals surface area contributed by atoms with Gasteiger partial charge in [0.1, 0.15) is 5.75 Å². The van der Waals surface area contributed by atoms with Crippen molar-refractivity contribution in [2.75, 3.05) is 45.2 Å². The first-order chi connectivity index (χ1) is 11.8. The summed E-state index contributed by atoms with van der Waals surface area (Å²) in [6.07, 6.45) is 0. The van der Waals surface area contributed by atoms with Crippen molar-refractivity contribution in [3.8, 4) is 5.75 Å². The SMILES string of the molecule is CN=C(NCc1ccccc1OC)N1CCN(c2cccs2)CC1. The number of anilines is 1. The van der Waals surface area contributed by atoms with Gasteiger partial charge >= 0.3 is 0 Å². The van der Waals surface area contributed by atoms with E-state index in [0.29, 0.717) is 6.54 Å². The molecule has 0 aliphatic carbocycles. The fraction of sp³-hybridized carbons (Fsp3) is 0.389. The molecule has 1 aromatic carbocycles. The third-order valence-electron chi connectivity index (χ3n) is 4.24. The summed E-state index contributed by atoms with van der Waals surface area (Å²) in [5.74, 6) is 1.86. The zero-order valence-corrected chi connectivity index (χ0v) is 15.1. The lowest BCUT2D eigenvalue weighted by Crippen LogP contribution is -2.52. The molecule has 0 bridgehead atoms. The number of aliphatic imine (C=N–C) groups is 1. The molecule has 0 spiro atoms. The summed E-state index contributed by atoms with van der Waals surface area (Å²) in [6, 6.07) is 12.4. The zero-order valence-electron chi connectivity index (χ0n) is 14.2. The van der Waals surface area contributed by atoms with Crippen molar-refractivity contribution in [2.24, 2.45) is 4.99 Å². The summed E-state index contributed by atoms with van der Waals surface area (Å²) < 4.78 is 5.41. The number of hydrogen-bond donors (Lipinski definition) is 1. The van der Waals surface area contributed by atoms with Gasteiger partial charge in [-0.15, -0.1) is 11.3 Å². The Labute approximate surface area is 147 Å². The van der Waals surface area contributed by atoms with Gasteiger partial charge in [-0.3, -0.25) is 4.99 Å². The highest BCUT2D eigenvalue weighted by atomic mass is 32.1. The number of nitrogens with one attached hydrogen (secondary N) is 1. The quantitative estimate of drug-likeness (QED) is 0.684. The van der Waals surface area contributed by atoms with Gasteiger partial charge in [0.2, 0.25) is 0 Å². The Morgan fingerprint density at radius 1 is 1.17 bits per heavy atom. The lowest BCUT2D eigenvalue weighted by atomic mass is 10.2. The first-order valence-corrected chi connectivity index (χ1v) is 9.05. The topological polar surface area (TPSA) is 40.1 Å². The third kappa shape index (κ3) is 3.82. The van der Waals surface area contributed by atoms with Crippen LogP contribution in [0.2, 0.25) is 0 Å². The van der Waals surface area contributed by atoms with E-state index in [4.69, 9.17) is 4.74 Å². The third-order valence-corrected chi connectivity index (χ3v) is 5.17. The van der Waals surface area contributed by atoms with E-state index in [-0.39, 0.29) is 0 Å². The average molecular weight is 344 g/mol. The fourth-order valence-electron chi connectivity index (χ4n) is 2.94. The van der Waals surface area contributed by atoms with E-state index >= 15 is 0 Å². The van der Waals surface area contributed by atoms with Gasteiger partial charge in [-0.05, 0) is 23.6 Å². The molecule has 6 heteroatoms. The van der Waals surface area contributed by atoms with Gasteiger partial charge in [0.05, 0.1) is 12.1 Å². The maximum Gasteiger partial charge on any atom is 0.194 e. The fourth-order valence-corrected chi connectivity index (χ4v) is 3.73. The number of methoxy groups -OCH3 is 1. The van der Waals surface area contributed by atoms with E-state index in [1.807, 2.05) is 25.2 Å². The van der Waals surface area contributed by atoms with Crippen LogP contribution in [0.3, 0.4) is 0 Å². The van der Waals surface area contributed by atoms with Gasteiger partial charge in [0.25, 0.3) is 0 Å². The van der Waals surface area contributed by atoms with Gasteiger partial charge in [0, 0.05) is 45.3 Å². The van der Waals surface area contributed by atoms with E-state index in [1.165, 1.54) is 5.00 Å². The normalized spacial score (nSPS) is 15.5. The molecule has 0 unspecified atom stereocenters. The zero-order chi connectivity index (χ0) is 16.8. The minimum atomic E-state index is 0.710. The van der Waals surface area contributed by atoms with Gasteiger partial charge < -0.3 is 19.9 Å². The largest absolute Gasteiger partial charge is 0.496 e. The Morgan fingerprint density at radius 2 is 1.96 bits per heavy atom. The molecule has 0 atom stereocenters. The molecule has 128 valence electrons. The van der Waals surface area contributed by atoms with Crippen molar-refractivity contribution in [3.05, 3.63) is 47.3 Å². The molecule has 1 aliphatic rings. The van der Waals surface area contributed by atoms with Crippen LogP contribution in [0.15, 0.2) is 46.8 Å². The number of rotatable bonds is 4. The minimum Gasteiger partial charge on any atom is -0.496 e. The molecular formula is C18H24N4OS. The molecule has 1 fully saturated rings. The number of para-hydroxylation sites is 1. The number of piperazine rings is 1. The van der Waals surface area contributed by atoms with Crippen LogP contribution < -0.4 is 15.0 Å². The second-order valence-electron chi connectivity index (χ2n) is 5.64. The molecule has 24 heavy (non-hydrogen) atoms. The van der Waals surface area contributed by atoms with Crippen molar-refractivity contribution in [3.63, 3.8) is 0 Å². The Bertz CT molecular complexity index is 663. The summed E-state index contributed by atoms with van der Waals surface area (Å²) in [6.45, 7) is 4.71. The second-order valence-corrected chi connectivity index (χ2v) is 6.56. The summed E-state index contributed by atoms with van der Waals surface area (Å²) in [5.41, 5.74) is 1.14. The van der Waals surface area contributed by atoms with Crippen LogP contribution in [0, 0.1) is 0 Å². The number of benzene rings is 1. The van der Waals surface area contributed by atoms with Crippen LogP contribution in [0.25, 0.3) is 0 Å². The van der Waals surface area contributed by atoms with Crippen molar-refractivity contribution in [1.82, 2.24) is 10.2 Å². The molecule has 0 amide bonds. The molecule has 3 rings (SSSR count). The summed E-state index contributed by atoms with van der Waals surface area (Å²) in [5, 5.41) is 6.95. The van der Waals surface area contributed by atoms with E-state index in [9.17, 15) is 0 Å². The maximum atomic E-state index is 5.41. The van der Waals surface area contributed by atoms with E-state index in [1.54, 1.807) is 18.4 Å². The molecule has 0 radical (unpaired) electrons. The van der Waals surface area contributed by atoms with Crippen LogP contribution in [-0.4, -0.2) is 51.2 Å². The standard InChI is InChI=1S/C18H24N4OS/c1-19-18(20-14-15-6-3-4-7-16(15)23-2)22-11-9-21(10-12-22)17-8-5-13-24-17/h3-8,13H,9-12,14H2,1-2H3,(H,19,20). The van der Waals surface area contributed by atoms with E-state index in [0.717, 1.165) is 43.5 Å². The maximum absolute atomic E-state index is 5.41. The average Bonchev–Trinajstić information content (AvgIpc) is 3.18. The van der Waals surface area contributed by atoms with Gasteiger partial charge in [-0.25, -0.2) is 0 Å². The highest BCUT2D eigenvalue weighted by Crippen LogP contribution is 2.22. The highest BCUT2D eigenvalue weighted by Gasteiger charge is 2.20. The Balaban J connectivity index is 1.56. The smallest absolute Gasteiger partial charge is 0.194 e. The number of guanidine groups is 1. The molecule has 2 aromatic rings. The van der Waals surface area contributed by atoms with Crippen LogP contribution in [-0.2, 0) is 6.54 Å². The van der Waals surface area contributed by atoms with Crippen LogP contribution in [0.1, 0.15) is 5.56 Å². The van der Waals surface area contributed by atoms with Crippen LogP contribution in [0.5, 0.6) is 5.75 Å². The molecule has 5 nitrogen and oxygen atoms in total. The molecule has 1 aromatic heterocycles. The molecule has 0 saturated carbocycles. The molecule has 1 N–H and O–H groups in total. The van der Waals surface area contributed by atoms with Crippen molar-refractivity contribution < 1.29 is 4.74 Å². The summed E-state index contributed by atoms with van der Waals surface area (Å²) in [4.78, 5) is 9.20. The minimum absolute atomic E-state index is 0.710. The number of ether oxygens (including phenoxy) is 1. The summed E-state index contributed by atoms with van der Waals surface area (Å²) >= 11 is 1.80. The number of thiophene rings is 1. The molecule has 1 saturated heterocycles. The van der Waals surface area contributed by atoms with Gasteiger partial charge in [0.15, 0.2) is 5.96 Å². The number of nitrogens with zero attached hydrogens (tertiary/aromatic N) is 3. The monoisotopic (exact) mass is 344 g/mol. The Hall–Kier alpha value is -2.21. The Kier molecular flexibility index (Phi) is 5.59. The van der Waals surface area contributed by atoms with Gasteiger partial charge in [-0.1, -0.05) is 18.2 Å². The highest BCUT2D eigenvalue weighted by molar-refractivity contribution is 7.14. The van der Waals surface area contributed by atoms with Crippen LogP contribution in [0.4, 0.5) is 5.00 Å². The predicted octanol–water partition coefficient (Wildman–Crippen LogP) is 2.65. The predicted molar refractivity (Wildman–Crippen MR) is 101 cm³/mol. The first kappa shape index (κ1) is 16.6.